The van der Waals surface area contributed by atoms with Crippen molar-refractivity contribution in [2.75, 3.05) is 0 Å². The third-order valence-electron chi connectivity index (χ3n) is 2.31. The summed E-state index contributed by atoms with van der Waals surface area (Å²) in [5.41, 5.74) is 0.783. The average Bonchev–Trinajstić information content (AvgIpc) is 2.87. The molecule has 90 valence electrons. The van der Waals surface area contributed by atoms with Crippen LogP contribution in [0.15, 0.2) is 16.9 Å². The van der Waals surface area contributed by atoms with Crippen molar-refractivity contribution in [3.63, 3.8) is 0 Å². The number of Topliss-reactive ketones (excluding diaryl/α,β-unsaturated/α-hetero) is 1. The van der Waals surface area contributed by atoms with Gasteiger partial charge in [-0.25, -0.2) is 0 Å². The van der Waals surface area contributed by atoms with Crippen molar-refractivity contribution >= 4 is 5.78 Å². The molecule has 0 aliphatic rings. The molecule has 0 unspecified atom stereocenters. The summed E-state index contributed by atoms with van der Waals surface area (Å²) < 4.78 is 6.69. The van der Waals surface area contributed by atoms with Crippen molar-refractivity contribution in [3.8, 4) is 11.4 Å². The number of aryl methyl sites for hydroxylation is 1. The molecular weight excluding hydrogens is 220 g/mol. The summed E-state index contributed by atoms with van der Waals surface area (Å²) >= 11 is 0. The minimum Gasteiger partial charge on any atom is -0.338 e. The van der Waals surface area contributed by atoms with Gasteiger partial charge in [0.25, 0.3) is 0 Å². The first-order chi connectivity index (χ1) is 8.19. The van der Waals surface area contributed by atoms with E-state index in [1.54, 1.807) is 17.1 Å². The van der Waals surface area contributed by atoms with E-state index >= 15 is 0 Å². The molecule has 0 fully saturated rings. The van der Waals surface area contributed by atoms with Gasteiger partial charge in [-0.15, -0.1) is 0 Å². The molecule has 0 radical (unpaired) electrons. The number of rotatable bonds is 5. The van der Waals surface area contributed by atoms with Gasteiger partial charge < -0.3 is 4.52 Å². The van der Waals surface area contributed by atoms with Crippen LogP contribution in [-0.4, -0.2) is 25.7 Å². The van der Waals surface area contributed by atoms with Crippen LogP contribution in [0.4, 0.5) is 0 Å². The lowest BCUT2D eigenvalue weighted by Gasteiger charge is -1.91. The lowest BCUT2D eigenvalue weighted by atomic mass is 10.2. The molecule has 2 aromatic heterocycles. The van der Waals surface area contributed by atoms with Gasteiger partial charge in [-0.05, 0) is 6.42 Å². The molecule has 0 aromatic carbocycles. The van der Waals surface area contributed by atoms with Gasteiger partial charge in [-0.3, -0.25) is 9.48 Å². The van der Waals surface area contributed by atoms with Crippen LogP contribution in [0.1, 0.15) is 25.7 Å². The summed E-state index contributed by atoms with van der Waals surface area (Å²) in [6.07, 6.45) is 5.04. The van der Waals surface area contributed by atoms with Crippen LogP contribution < -0.4 is 0 Å². The summed E-state index contributed by atoms with van der Waals surface area (Å²) in [6, 6.07) is 0. The highest BCUT2D eigenvalue weighted by Crippen LogP contribution is 2.14. The normalized spacial score (nSPS) is 10.7. The zero-order chi connectivity index (χ0) is 12.3. The fourth-order valence-electron chi connectivity index (χ4n) is 1.52. The summed E-state index contributed by atoms with van der Waals surface area (Å²) in [7, 11) is 1.81. The van der Waals surface area contributed by atoms with Crippen molar-refractivity contribution in [1.29, 1.82) is 0 Å². The minimum atomic E-state index is 0.119. The molecule has 0 saturated carbocycles. The fraction of sp³-hybridized carbons (Fsp3) is 0.455. The van der Waals surface area contributed by atoms with E-state index in [9.17, 15) is 4.79 Å². The number of hydrogen-bond acceptors (Lipinski definition) is 5. The summed E-state index contributed by atoms with van der Waals surface area (Å²) in [5, 5.41) is 7.84. The highest BCUT2D eigenvalue weighted by atomic mass is 16.5. The molecule has 6 nitrogen and oxygen atoms in total. The Balaban J connectivity index is 2.08. The first kappa shape index (κ1) is 11.5. The van der Waals surface area contributed by atoms with E-state index in [4.69, 9.17) is 4.52 Å². The van der Waals surface area contributed by atoms with Gasteiger partial charge in [-0.1, -0.05) is 12.1 Å². The Labute approximate surface area is 98.6 Å². The number of carbonyl (C=O) groups excluding carboxylic acids is 1. The van der Waals surface area contributed by atoms with Gasteiger partial charge in [0.05, 0.1) is 18.2 Å². The molecule has 2 heterocycles. The van der Waals surface area contributed by atoms with Crippen LogP contribution in [0, 0.1) is 0 Å². The third-order valence-corrected chi connectivity index (χ3v) is 2.31. The molecule has 2 aromatic rings. The molecule has 0 N–H and O–H groups in total. The molecule has 0 saturated heterocycles. The van der Waals surface area contributed by atoms with Gasteiger partial charge in [0.15, 0.2) is 0 Å². The Hall–Kier alpha value is -1.98. The van der Waals surface area contributed by atoms with Crippen LogP contribution >= 0.6 is 0 Å². The third kappa shape index (κ3) is 2.77. The number of ketones is 1. The first-order valence-corrected chi connectivity index (χ1v) is 5.52. The Bertz CT molecular complexity index is 515. The van der Waals surface area contributed by atoms with Crippen molar-refractivity contribution in [2.45, 2.75) is 26.2 Å². The predicted octanol–water partition coefficient (Wildman–Crippen LogP) is 1.38. The van der Waals surface area contributed by atoms with Crippen molar-refractivity contribution in [2.24, 2.45) is 7.05 Å². The molecule has 0 atom stereocenters. The van der Waals surface area contributed by atoms with Gasteiger partial charge in [-0.2, -0.15) is 10.1 Å². The fourth-order valence-corrected chi connectivity index (χ4v) is 1.52. The molecule has 0 spiro atoms. The molecule has 0 bridgehead atoms. The highest BCUT2D eigenvalue weighted by Gasteiger charge is 2.12. The number of carbonyl (C=O) groups is 1. The number of hydrogen-bond donors (Lipinski definition) is 0. The summed E-state index contributed by atoms with van der Waals surface area (Å²) in [6.45, 7) is 1.97. The zero-order valence-electron chi connectivity index (χ0n) is 9.88. The molecule has 0 aliphatic carbocycles. The molecule has 0 amide bonds. The Morgan fingerprint density at radius 1 is 1.53 bits per heavy atom. The van der Waals surface area contributed by atoms with Crippen molar-refractivity contribution in [3.05, 3.63) is 18.3 Å². The highest BCUT2D eigenvalue weighted by molar-refractivity contribution is 5.79. The van der Waals surface area contributed by atoms with E-state index < -0.39 is 0 Å². The van der Waals surface area contributed by atoms with Crippen LogP contribution in [0.2, 0.25) is 0 Å². The Morgan fingerprint density at radius 3 is 3.00 bits per heavy atom. The van der Waals surface area contributed by atoms with Crippen molar-refractivity contribution < 1.29 is 9.32 Å². The van der Waals surface area contributed by atoms with Crippen molar-refractivity contribution in [1.82, 2.24) is 19.9 Å². The van der Waals surface area contributed by atoms with Gasteiger partial charge in [0, 0.05) is 19.7 Å². The van der Waals surface area contributed by atoms with E-state index in [0.717, 1.165) is 12.0 Å². The maximum atomic E-state index is 11.4. The quantitative estimate of drug-likeness (QED) is 0.781. The molecule has 0 aliphatic heterocycles. The number of nitrogens with zero attached hydrogens (tertiary/aromatic N) is 4. The van der Waals surface area contributed by atoms with E-state index in [-0.39, 0.29) is 12.2 Å². The lowest BCUT2D eigenvalue weighted by molar-refractivity contribution is -0.118. The van der Waals surface area contributed by atoms with E-state index in [1.807, 2.05) is 14.0 Å². The van der Waals surface area contributed by atoms with Gasteiger partial charge in [0.2, 0.25) is 11.7 Å². The maximum absolute atomic E-state index is 11.4. The Morgan fingerprint density at radius 2 is 2.35 bits per heavy atom. The molecule has 6 heteroatoms. The standard InChI is InChI=1S/C11H14N4O2/c1-3-4-9(16)5-10-13-11(14-17-10)8-6-12-15(2)7-8/h6-7H,3-5H2,1-2H3. The second-order valence-corrected chi connectivity index (χ2v) is 3.88. The monoisotopic (exact) mass is 234 g/mol. The molecular formula is C11H14N4O2. The second-order valence-electron chi connectivity index (χ2n) is 3.88. The van der Waals surface area contributed by atoms with Crippen LogP contribution in [0.3, 0.4) is 0 Å². The smallest absolute Gasteiger partial charge is 0.234 e. The Kier molecular flexibility index (Phi) is 3.32. The average molecular weight is 234 g/mol. The SMILES string of the molecule is CCCC(=O)Cc1nc(-c2cnn(C)c2)no1. The van der Waals surface area contributed by atoms with Crippen LogP contribution in [-0.2, 0) is 18.3 Å². The van der Waals surface area contributed by atoms with E-state index in [0.29, 0.717) is 18.1 Å². The van der Waals surface area contributed by atoms with E-state index in [1.165, 1.54) is 0 Å². The second kappa shape index (κ2) is 4.90. The first-order valence-electron chi connectivity index (χ1n) is 5.52. The van der Waals surface area contributed by atoms with Crippen LogP contribution in [0.25, 0.3) is 11.4 Å². The largest absolute Gasteiger partial charge is 0.338 e. The van der Waals surface area contributed by atoms with E-state index in [2.05, 4.69) is 15.2 Å². The summed E-state index contributed by atoms with van der Waals surface area (Å²) in [5.74, 6) is 0.952. The number of aromatic nitrogens is 4. The molecule has 2 rings (SSSR count). The molecule has 17 heavy (non-hydrogen) atoms. The zero-order valence-corrected chi connectivity index (χ0v) is 9.88. The minimum absolute atomic E-state index is 0.119. The van der Waals surface area contributed by atoms with Gasteiger partial charge in [0.1, 0.15) is 5.78 Å². The lowest BCUT2D eigenvalue weighted by Crippen LogP contribution is -2.01. The predicted molar refractivity (Wildman–Crippen MR) is 60.1 cm³/mol. The maximum Gasteiger partial charge on any atom is 0.234 e. The topological polar surface area (TPSA) is 73.8 Å². The summed E-state index contributed by atoms with van der Waals surface area (Å²) in [4.78, 5) is 15.6. The van der Waals surface area contributed by atoms with Gasteiger partial charge >= 0.3 is 0 Å². The van der Waals surface area contributed by atoms with Crippen LogP contribution in [0.5, 0.6) is 0 Å².